The monoisotopic (exact) mass is 166 g/mol. The van der Waals surface area contributed by atoms with E-state index in [4.69, 9.17) is 0 Å². The molecule has 0 aromatic heterocycles. The number of nitrogens with one attached hydrogen (secondary N) is 1. The molecule has 0 spiro atoms. The number of hydrogen-bond acceptors (Lipinski definition) is 2. The topological polar surface area (TPSA) is 32.3 Å². The van der Waals surface area contributed by atoms with Gasteiger partial charge in [-0.05, 0) is 31.6 Å². The van der Waals surface area contributed by atoms with Crippen molar-refractivity contribution >= 4 is 5.91 Å². The summed E-state index contributed by atoms with van der Waals surface area (Å²) in [4.78, 5) is 13.8. The predicted octanol–water partition coefficient (Wildman–Crippen LogP) is 0.317. The summed E-state index contributed by atoms with van der Waals surface area (Å²) >= 11 is 0. The van der Waals surface area contributed by atoms with Crippen LogP contribution in [0.3, 0.4) is 0 Å². The lowest BCUT2D eigenvalue weighted by Crippen LogP contribution is -2.37. The molecule has 1 saturated carbocycles. The number of hydrogen-bond donors (Lipinski definition) is 1. The van der Waals surface area contributed by atoms with Gasteiger partial charge in [0.2, 0.25) is 5.91 Å². The number of carbonyl (C=O) groups is 1. The number of rotatable bonds is 1. The molecule has 0 aromatic carbocycles. The minimum Gasteiger partial charge on any atom is -0.339 e. The fourth-order valence-corrected chi connectivity index (χ4v) is 2.53. The highest BCUT2D eigenvalue weighted by molar-refractivity contribution is 5.84. The van der Waals surface area contributed by atoms with Crippen molar-refractivity contribution in [3.8, 4) is 0 Å². The molecular weight excluding hydrogens is 152 g/mol. The third-order valence-electron chi connectivity index (χ3n) is 3.31. The molecule has 2 unspecified atom stereocenters. The van der Waals surface area contributed by atoms with Crippen molar-refractivity contribution in [1.29, 1.82) is 0 Å². The van der Waals surface area contributed by atoms with Gasteiger partial charge in [0.15, 0.2) is 0 Å². The average Bonchev–Trinajstić information content (AvgIpc) is 2.68. The maximum atomic E-state index is 11.4. The summed E-state index contributed by atoms with van der Waals surface area (Å²) < 4.78 is 0. The molecule has 2 atom stereocenters. The van der Waals surface area contributed by atoms with Crippen molar-refractivity contribution in [1.82, 2.24) is 10.2 Å². The molecule has 1 aliphatic carbocycles. The summed E-state index contributed by atoms with van der Waals surface area (Å²) in [6.07, 6.45) is 5.32. The molecule has 1 N–H and O–H groups in total. The Labute approximate surface area is 72.1 Å². The predicted molar refractivity (Wildman–Crippen MR) is 44.4 cm³/mol. The molecule has 12 heavy (non-hydrogen) atoms. The van der Waals surface area contributed by atoms with Gasteiger partial charge in [-0.25, -0.2) is 0 Å². The van der Waals surface area contributed by atoms with Crippen LogP contribution >= 0.6 is 0 Å². The highest BCUT2D eigenvalue weighted by Gasteiger charge is 2.48. The van der Waals surface area contributed by atoms with E-state index in [0.29, 0.717) is 6.17 Å². The molecule has 3 fully saturated rings. The maximum Gasteiger partial charge on any atom is 0.238 e. The van der Waals surface area contributed by atoms with Gasteiger partial charge in [-0.2, -0.15) is 0 Å². The Morgan fingerprint density at radius 1 is 1.33 bits per heavy atom. The van der Waals surface area contributed by atoms with Crippen LogP contribution in [0.2, 0.25) is 0 Å². The van der Waals surface area contributed by atoms with E-state index >= 15 is 0 Å². The lowest BCUT2D eigenvalue weighted by molar-refractivity contribution is -0.121. The van der Waals surface area contributed by atoms with Gasteiger partial charge in [0.05, 0.1) is 12.2 Å². The first-order valence-corrected chi connectivity index (χ1v) is 4.92. The smallest absolute Gasteiger partial charge is 0.238 e. The van der Waals surface area contributed by atoms with Crippen LogP contribution < -0.4 is 5.32 Å². The third kappa shape index (κ3) is 0.829. The van der Waals surface area contributed by atoms with Crippen LogP contribution in [0.4, 0.5) is 0 Å². The molecule has 0 aromatic rings. The van der Waals surface area contributed by atoms with Crippen LogP contribution in [0.1, 0.15) is 25.7 Å². The molecule has 3 heteroatoms. The lowest BCUT2D eigenvalue weighted by Gasteiger charge is -2.20. The molecule has 0 bridgehead atoms. The van der Waals surface area contributed by atoms with E-state index in [0.717, 1.165) is 18.9 Å². The summed E-state index contributed by atoms with van der Waals surface area (Å²) in [5.74, 6) is 1.06. The summed E-state index contributed by atoms with van der Waals surface area (Å²) in [7, 11) is 0. The zero-order valence-electron chi connectivity index (χ0n) is 7.12. The number of carbonyl (C=O) groups excluding carboxylic acids is 1. The molecule has 3 aliphatic rings. The van der Waals surface area contributed by atoms with Crippen LogP contribution in [0, 0.1) is 5.92 Å². The first kappa shape index (κ1) is 6.89. The van der Waals surface area contributed by atoms with Crippen LogP contribution in [0.25, 0.3) is 0 Å². The van der Waals surface area contributed by atoms with E-state index in [1.54, 1.807) is 0 Å². The van der Waals surface area contributed by atoms with E-state index in [-0.39, 0.29) is 11.9 Å². The van der Waals surface area contributed by atoms with Crippen LogP contribution in [-0.2, 0) is 4.79 Å². The molecule has 2 heterocycles. The molecule has 3 nitrogen and oxygen atoms in total. The molecular formula is C9H14N2O. The normalized spacial score (nSPS) is 41.5. The van der Waals surface area contributed by atoms with Crippen molar-refractivity contribution < 1.29 is 4.79 Å². The minimum absolute atomic E-state index is 0.232. The van der Waals surface area contributed by atoms with Crippen LogP contribution in [0.15, 0.2) is 0 Å². The number of nitrogens with zero attached hydrogens (tertiary/aromatic N) is 1. The van der Waals surface area contributed by atoms with Crippen LogP contribution in [0.5, 0.6) is 0 Å². The van der Waals surface area contributed by atoms with E-state index in [1.807, 2.05) is 0 Å². The fraction of sp³-hybridized carbons (Fsp3) is 0.889. The second kappa shape index (κ2) is 2.22. The molecule has 1 amide bonds. The van der Waals surface area contributed by atoms with Crippen molar-refractivity contribution in [2.24, 2.45) is 5.92 Å². The highest BCUT2D eigenvalue weighted by Crippen LogP contribution is 2.39. The van der Waals surface area contributed by atoms with Gasteiger partial charge in [0.25, 0.3) is 0 Å². The van der Waals surface area contributed by atoms with Crippen molar-refractivity contribution in [3.05, 3.63) is 0 Å². The zero-order valence-corrected chi connectivity index (χ0v) is 7.12. The molecule has 66 valence electrons. The Morgan fingerprint density at radius 3 is 2.92 bits per heavy atom. The van der Waals surface area contributed by atoms with Gasteiger partial charge < -0.3 is 5.32 Å². The number of amides is 1. The Bertz CT molecular complexity index is 225. The average molecular weight is 166 g/mol. The SMILES string of the molecule is O=C1NC(C2CC2)N2CCCC12. The summed E-state index contributed by atoms with van der Waals surface area (Å²) in [6.45, 7) is 1.13. The molecule has 2 aliphatic heterocycles. The van der Waals surface area contributed by atoms with Crippen molar-refractivity contribution in [2.75, 3.05) is 6.54 Å². The van der Waals surface area contributed by atoms with Crippen LogP contribution in [-0.4, -0.2) is 29.6 Å². The van der Waals surface area contributed by atoms with Gasteiger partial charge in [0, 0.05) is 6.54 Å². The fourth-order valence-electron chi connectivity index (χ4n) is 2.53. The Kier molecular flexibility index (Phi) is 1.28. The second-order valence-corrected chi connectivity index (χ2v) is 4.19. The molecule has 2 saturated heterocycles. The van der Waals surface area contributed by atoms with Gasteiger partial charge in [-0.15, -0.1) is 0 Å². The first-order chi connectivity index (χ1) is 5.86. The number of fused-ring (bicyclic) bond motifs is 1. The Morgan fingerprint density at radius 2 is 2.17 bits per heavy atom. The standard InChI is InChI=1S/C9H14N2O/c12-9-7-2-1-5-11(7)8(10-9)6-3-4-6/h6-8H,1-5H2,(H,10,12). The summed E-state index contributed by atoms with van der Waals surface area (Å²) in [6, 6.07) is 0.232. The van der Waals surface area contributed by atoms with Crippen molar-refractivity contribution in [3.63, 3.8) is 0 Å². The van der Waals surface area contributed by atoms with E-state index in [2.05, 4.69) is 10.2 Å². The van der Waals surface area contributed by atoms with E-state index in [9.17, 15) is 4.79 Å². The first-order valence-electron chi connectivity index (χ1n) is 4.92. The van der Waals surface area contributed by atoms with Gasteiger partial charge in [-0.3, -0.25) is 9.69 Å². The van der Waals surface area contributed by atoms with E-state index in [1.165, 1.54) is 19.3 Å². The molecule has 3 rings (SSSR count). The second-order valence-electron chi connectivity index (χ2n) is 4.19. The Balaban J connectivity index is 1.83. The van der Waals surface area contributed by atoms with Crippen molar-refractivity contribution in [2.45, 2.75) is 37.9 Å². The Hall–Kier alpha value is -0.570. The van der Waals surface area contributed by atoms with Gasteiger partial charge in [-0.1, -0.05) is 0 Å². The third-order valence-corrected chi connectivity index (χ3v) is 3.31. The highest BCUT2D eigenvalue weighted by atomic mass is 16.2. The van der Waals surface area contributed by atoms with Gasteiger partial charge in [0.1, 0.15) is 0 Å². The zero-order chi connectivity index (χ0) is 8.13. The minimum atomic E-state index is 0.232. The quantitative estimate of drug-likeness (QED) is 0.608. The maximum absolute atomic E-state index is 11.4. The largest absolute Gasteiger partial charge is 0.339 e. The summed E-state index contributed by atoms with van der Waals surface area (Å²) in [5.41, 5.74) is 0. The summed E-state index contributed by atoms with van der Waals surface area (Å²) in [5, 5.41) is 3.10. The van der Waals surface area contributed by atoms with Gasteiger partial charge >= 0.3 is 0 Å². The molecule has 0 radical (unpaired) electrons. The van der Waals surface area contributed by atoms with E-state index < -0.39 is 0 Å². The lowest BCUT2D eigenvalue weighted by atomic mass is 10.2.